The number of methoxy groups -OCH3 is 2. The number of hydrogen-bond donors (Lipinski definition) is 1. The number of nitrogens with one attached hydrogen (secondary N) is 1. The monoisotopic (exact) mass is 355 g/mol. The van der Waals surface area contributed by atoms with E-state index in [4.69, 9.17) is 9.47 Å². The Kier molecular flexibility index (Phi) is 5.96. The first-order valence-electron chi connectivity index (χ1n) is 8.74. The van der Waals surface area contributed by atoms with Crippen molar-refractivity contribution in [2.45, 2.75) is 6.54 Å². The van der Waals surface area contributed by atoms with Crippen LogP contribution in [0.5, 0.6) is 11.5 Å². The second kappa shape index (κ2) is 8.58. The lowest BCUT2D eigenvalue weighted by Gasteiger charge is -2.34. The van der Waals surface area contributed by atoms with Gasteiger partial charge in [0.2, 0.25) is 0 Å². The highest BCUT2D eigenvalue weighted by molar-refractivity contribution is 5.89. The summed E-state index contributed by atoms with van der Waals surface area (Å²) in [6.07, 6.45) is 0. The van der Waals surface area contributed by atoms with Crippen LogP contribution in [0.25, 0.3) is 0 Å². The molecule has 6 heteroatoms. The smallest absolute Gasteiger partial charge is 0.321 e. The fourth-order valence-electron chi connectivity index (χ4n) is 3.07. The van der Waals surface area contributed by atoms with E-state index < -0.39 is 0 Å². The van der Waals surface area contributed by atoms with Gasteiger partial charge in [0.1, 0.15) is 0 Å². The number of carbonyl (C=O) groups is 1. The zero-order valence-electron chi connectivity index (χ0n) is 15.3. The average molecular weight is 355 g/mol. The van der Waals surface area contributed by atoms with Gasteiger partial charge in [0.15, 0.2) is 11.5 Å². The van der Waals surface area contributed by atoms with Crippen LogP contribution >= 0.6 is 0 Å². The number of rotatable bonds is 5. The van der Waals surface area contributed by atoms with Crippen molar-refractivity contribution in [1.29, 1.82) is 0 Å². The number of urea groups is 1. The van der Waals surface area contributed by atoms with Crippen LogP contribution in [-0.2, 0) is 6.54 Å². The Morgan fingerprint density at radius 3 is 2.31 bits per heavy atom. The van der Waals surface area contributed by atoms with Crippen molar-refractivity contribution in [3.05, 3.63) is 54.1 Å². The minimum Gasteiger partial charge on any atom is -0.493 e. The van der Waals surface area contributed by atoms with Crippen molar-refractivity contribution in [1.82, 2.24) is 9.80 Å². The van der Waals surface area contributed by atoms with E-state index in [1.54, 1.807) is 14.2 Å². The maximum absolute atomic E-state index is 12.4. The molecule has 2 aromatic carbocycles. The molecule has 3 rings (SSSR count). The first-order valence-corrected chi connectivity index (χ1v) is 8.74. The van der Waals surface area contributed by atoms with Gasteiger partial charge < -0.3 is 19.7 Å². The summed E-state index contributed by atoms with van der Waals surface area (Å²) in [6.45, 7) is 3.94. The Balaban J connectivity index is 1.51. The van der Waals surface area contributed by atoms with Gasteiger partial charge in [0.05, 0.1) is 14.2 Å². The van der Waals surface area contributed by atoms with Crippen LogP contribution in [0.1, 0.15) is 5.56 Å². The van der Waals surface area contributed by atoms with E-state index in [1.807, 2.05) is 47.4 Å². The van der Waals surface area contributed by atoms with Gasteiger partial charge in [-0.25, -0.2) is 4.79 Å². The van der Waals surface area contributed by atoms with Crippen molar-refractivity contribution < 1.29 is 14.3 Å². The Bertz CT molecular complexity index is 728. The van der Waals surface area contributed by atoms with E-state index in [0.29, 0.717) is 13.1 Å². The topological polar surface area (TPSA) is 54.0 Å². The summed E-state index contributed by atoms with van der Waals surface area (Å²) in [5.41, 5.74) is 2.00. The molecular formula is C20H25N3O3. The van der Waals surface area contributed by atoms with E-state index in [1.165, 1.54) is 5.56 Å². The number of carbonyl (C=O) groups excluding carboxylic acids is 1. The molecule has 0 radical (unpaired) electrons. The van der Waals surface area contributed by atoms with Crippen LogP contribution in [-0.4, -0.2) is 56.2 Å². The van der Waals surface area contributed by atoms with Crippen LogP contribution in [0.4, 0.5) is 10.5 Å². The highest BCUT2D eigenvalue weighted by Crippen LogP contribution is 2.28. The summed E-state index contributed by atoms with van der Waals surface area (Å²) in [5.74, 6) is 1.48. The highest BCUT2D eigenvalue weighted by atomic mass is 16.5. The van der Waals surface area contributed by atoms with Crippen LogP contribution in [0, 0.1) is 0 Å². The van der Waals surface area contributed by atoms with Crippen LogP contribution in [0.3, 0.4) is 0 Å². The zero-order chi connectivity index (χ0) is 18.4. The molecule has 1 heterocycles. The summed E-state index contributed by atoms with van der Waals surface area (Å²) in [5, 5.41) is 2.94. The average Bonchev–Trinajstić information content (AvgIpc) is 2.69. The van der Waals surface area contributed by atoms with Gasteiger partial charge in [-0.05, 0) is 29.8 Å². The molecule has 1 N–H and O–H groups in total. The third-order valence-electron chi connectivity index (χ3n) is 4.54. The number of benzene rings is 2. The third kappa shape index (κ3) is 4.46. The summed E-state index contributed by atoms with van der Waals surface area (Å²) < 4.78 is 10.6. The van der Waals surface area contributed by atoms with Crippen molar-refractivity contribution in [3.8, 4) is 11.5 Å². The Hall–Kier alpha value is -2.73. The van der Waals surface area contributed by atoms with E-state index in [2.05, 4.69) is 16.3 Å². The predicted molar refractivity (Wildman–Crippen MR) is 102 cm³/mol. The number of amides is 2. The lowest BCUT2D eigenvalue weighted by atomic mass is 10.1. The molecule has 138 valence electrons. The van der Waals surface area contributed by atoms with Crippen molar-refractivity contribution in [3.63, 3.8) is 0 Å². The molecule has 1 aliphatic heterocycles. The maximum Gasteiger partial charge on any atom is 0.321 e. The van der Waals surface area contributed by atoms with Crippen molar-refractivity contribution >= 4 is 11.7 Å². The molecule has 2 aromatic rings. The van der Waals surface area contributed by atoms with Gasteiger partial charge in [-0.2, -0.15) is 0 Å². The fraction of sp³-hybridized carbons (Fsp3) is 0.350. The summed E-state index contributed by atoms with van der Waals surface area (Å²) >= 11 is 0. The van der Waals surface area contributed by atoms with E-state index in [0.717, 1.165) is 36.8 Å². The molecule has 1 fully saturated rings. The molecule has 1 aliphatic rings. The second-order valence-electron chi connectivity index (χ2n) is 6.25. The van der Waals surface area contributed by atoms with E-state index >= 15 is 0 Å². The van der Waals surface area contributed by atoms with Crippen molar-refractivity contribution in [2.75, 3.05) is 45.7 Å². The number of para-hydroxylation sites is 1. The minimum atomic E-state index is -0.0398. The van der Waals surface area contributed by atoms with Gasteiger partial charge in [0.25, 0.3) is 0 Å². The Morgan fingerprint density at radius 2 is 1.65 bits per heavy atom. The third-order valence-corrected chi connectivity index (χ3v) is 4.54. The normalized spacial score (nSPS) is 14.8. The maximum atomic E-state index is 12.4. The predicted octanol–water partition coefficient (Wildman–Crippen LogP) is 3.05. The molecular weight excluding hydrogens is 330 g/mol. The number of piperazine rings is 1. The molecule has 0 spiro atoms. The molecule has 0 unspecified atom stereocenters. The van der Waals surface area contributed by atoms with E-state index in [-0.39, 0.29) is 6.03 Å². The standard InChI is InChI=1S/C20H25N3O3/c1-25-18-9-8-16(14-19(18)26-2)15-22-10-12-23(13-11-22)20(24)21-17-6-4-3-5-7-17/h3-9,14H,10-13,15H2,1-2H3,(H,21,24). The molecule has 0 aromatic heterocycles. The van der Waals surface area contributed by atoms with Gasteiger partial charge in [-0.1, -0.05) is 24.3 Å². The van der Waals surface area contributed by atoms with Crippen LogP contribution in [0.2, 0.25) is 0 Å². The van der Waals surface area contributed by atoms with Gasteiger partial charge in [0, 0.05) is 38.4 Å². The molecule has 0 atom stereocenters. The van der Waals surface area contributed by atoms with E-state index in [9.17, 15) is 4.79 Å². The number of ether oxygens (including phenoxy) is 2. The fourth-order valence-corrected chi connectivity index (χ4v) is 3.07. The molecule has 2 amide bonds. The molecule has 0 saturated carbocycles. The minimum absolute atomic E-state index is 0.0398. The highest BCUT2D eigenvalue weighted by Gasteiger charge is 2.21. The molecule has 6 nitrogen and oxygen atoms in total. The molecule has 26 heavy (non-hydrogen) atoms. The Labute approximate surface area is 154 Å². The SMILES string of the molecule is COc1ccc(CN2CCN(C(=O)Nc3ccccc3)CC2)cc1OC. The zero-order valence-corrected chi connectivity index (χ0v) is 15.3. The molecule has 0 bridgehead atoms. The number of nitrogens with zero attached hydrogens (tertiary/aromatic N) is 2. The molecule has 0 aliphatic carbocycles. The lowest BCUT2D eigenvalue weighted by Crippen LogP contribution is -2.49. The first-order chi connectivity index (χ1) is 12.7. The van der Waals surface area contributed by atoms with Crippen molar-refractivity contribution in [2.24, 2.45) is 0 Å². The summed E-state index contributed by atoms with van der Waals surface area (Å²) in [6, 6.07) is 15.5. The van der Waals surface area contributed by atoms with Gasteiger partial charge >= 0.3 is 6.03 Å². The van der Waals surface area contributed by atoms with Crippen LogP contribution < -0.4 is 14.8 Å². The van der Waals surface area contributed by atoms with Crippen LogP contribution in [0.15, 0.2) is 48.5 Å². The second-order valence-corrected chi connectivity index (χ2v) is 6.25. The van der Waals surface area contributed by atoms with Gasteiger partial charge in [-0.3, -0.25) is 4.90 Å². The summed E-state index contributed by atoms with van der Waals surface area (Å²) in [7, 11) is 3.28. The first kappa shape index (κ1) is 18.1. The quantitative estimate of drug-likeness (QED) is 0.896. The molecule has 1 saturated heterocycles. The van der Waals surface area contributed by atoms with Gasteiger partial charge in [-0.15, -0.1) is 0 Å². The lowest BCUT2D eigenvalue weighted by molar-refractivity contribution is 0.143. The number of hydrogen-bond acceptors (Lipinski definition) is 4. The Morgan fingerprint density at radius 1 is 0.962 bits per heavy atom. The largest absolute Gasteiger partial charge is 0.493 e. The summed E-state index contributed by atoms with van der Waals surface area (Å²) in [4.78, 5) is 16.6. The number of anilines is 1.